The Balaban J connectivity index is 1.59. The third kappa shape index (κ3) is 4.21. The van der Waals surface area contributed by atoms with Crippen molar-refractivity contribution in [2.45, 2.75) is 83.3 Å². The summed E-state index contributed by atoms with van der Waals surface area (Å²) in [5.74, 6) is -0.510. The van der Waals surface area contributed by atoms with Crippen molar-refractivity contribution in [2.75, 3.05) is 7.05 Å². The maximum absolute atomic E-state index is 13.3. The van der Waals surface area contributed by atoms with Crippen LogP contribution in [0.5, 0.6) is 0 Å². The zero-order valence-electron chi connectivity index (χ0n) is 18.2. The van der Waals surface area contributed by atoms with E-state index in [0.717, 1.165) is 79.9 Å². The van der Waals surface area contributed by atoms with Crippen molar-refractivity contribution < 1.29 is 14.3 Å². The smallest absolute Gasteiger partial charge is 0.339 e. The van der Waals surface area contributed by atoms with Gasteiger partial charge in [0.2, 0.25) is 0 Å². The van der Waals surface area contributed by atoms with Crippen LogP contribution in [0.15, 0.2) is 24.3 Å². The highest BCUT2D eigenvalue weighted by molar-refractivity contribution is 6.05. The number of esters is 1. The fraction of sp³-hybridized carbons (Fsp3) is 0.560. The first kappa shape index (κ1) is 20.8. The van der Waals surface area contributed by atoms with E-state index in [-0.39, 0.29) is 11.9 Å². The van der Waals surface area contributed by atoms with Crippen LogP contribution in [0.1, 0.15) is 79.9 Å². The van der Waals surface area contributed by atoms with Crippen molar-refractivity contribution in [3.05, 3.63) is 41.1 Å². The Morgan fingerprint density at radius 3 is 2.53 bits per heavy atom. The monoisotopic (exact) mass is 408 g/mol. The van der Waals surface area contributed by atoms with Gasteiger partial charge in [0.15, 0.2) is 6.10 Å². The number of para-hydroxylation sites is 1. The summed E-state index contributed by atoms with van der Waals surface area (Å²) in [6.07, 6.45) is 9.83. The lowest BCUT2D eigenvalue weighted by atomic mass is 9.94. The predicted octanol–water partition coefficient (Wildman–Crippen LogP) is 4.84. The number of carbonyl (C=O) groups is 2. The van der Waals surface area contributed by atoms with E-state index in [1.807, 2.05) is 31.3 Å². The molecule has 1 fully saturated rings. The minimum absolute atomic E-state index is 0.111. The first-order chi connectivity index (χ1) is 14.6. The van der Waals surface area contributed by atoms with Crippen molar-refractivity contribution in [3.8, 4) is 0 Å². The molecule has 0 saturated heterocycles. The summed E-state index contributed by atoms with van der Waals surface area (Å²) in [6.45, 7) is 1.70. The Bertz CT molecular complexity index is 933. The first-order valence-electron chi connectivity index (χ1n) is 11.4. The van der Waals surface area contributed by atoms with Gasteiger partial charge in [-0.05, 0) is 57.1 Å². The minimum atomic E-state index is -0.794. The van der Waals surface area contributed by atoms with Gasteiger partial charge >= 0.3 is 5.97 Å². The molecule has 2 aromatic rings. The van der Waals surface area contributed by atoms with Gasteiger partial charge in [-0.2, -0.15) is 0 Å². The molecule has 2 aliphatic carbocycles. The van der Waals surface area contributed by atoms with Gasteiger partial charge in [0, 0.05) is 24.2 Å². The van der Waals surface area contributed by atoms with E-state index in [1.54, 1.807) is 11.8 Å². The summed E-state index contributed by atoms with van der Waals surface area (Å²) in [5, 5.41) is 0.823. The number of nitrogens with zero attached hydrogens (tertiary/aromatic N) is 2. The Kier molecular flexibility index (Phi) is 6.35. The molecule has 5 heteroatoms. The largest absolute Gasteiger partial charge is 0.449 e. The molecule has 5 nitrogen and oxygen atoms in total. The van der Waals surface area contributed by atoms with Gasteiger partial charge in [-0.25, -0.2) is 4.79 Å². The van der Waals surface area contributed by atoms with Crippen molar-refractivity contribution in [3.63, 3.8) is 0 Å². The third-order valence-electron chi connectivity index (χ3n) is 6.73. The molecule has 1 heterocycles. The molecule has 2 aliphatic rings. The van der Waals surface area contributed by atoms with Crippen LogP contribution in [0.3, 0.4) is 0 Å². The number of aryl methyl sites for hydroxylation is 1. The number of aromatic nitrogens is 1. The van der Waals surface area contributed by atoms with Gasteiger partial charge in [-0.3, -0.25) is 9.78 Å². The number of likely N-dealkylation sites (N-methyl/N-ethyl adjacent to an activating group) is 1. The molecule has 160 valence electrons. The number of hydrogen-bond acceptors (Lipinski definition) is 4. The van der Waals surface area contributed by atoms with Crippen molar-refractivity contribution in [1.82, 2.24) is 9.88 Å². The Morgan fingerprint density at radius 2 is 1.73 bits per heavy atom. The van der Waals surface area contributed by atoms with E-state index in [0.29, 0.717) is 5.56 Å². The van der Waals surface area contributed by atoms with Crippen LogP contribution < -0.4 is 0 Å². The number of ether oxygens (including phenoxy) is 1. The second kappa shape index (κ2) is 9.15. The van der Waals surface area contributed by atoms with Crippen LogP contribution in [0, 0.1) is 0 Å². The van der Waals surface area contributed by atoms with E-state index in [4.69, 9.17) is 9.72 Å². The maximum atomic E-state index is 13.3. The molecule has 0 spiro atoms. The number of fused-ring (bicyclic) bond motifs is 2. The molecule has 0 unspecified atom stereocenters. The van der Waals surface area contributed by atoms with Gasteiger partial charge in [0.05, 0.1) is 11.1 Å². The average molecular weight is 409 g/mol. The second-order valence-corrected chi connectivity index (χ2v) is 8.78. The van der Waals surface area contributed by atoms with Crippen LogP contribution in [-0.2, 0) is 22.4 Å². The molecule has 0 aliphatic heterocycles. The number of carbonyl (C=O) groups excluding carboxylic acids is 2. The molecule has 30 heavy (non-hydrogen) atoms. The molecule has 0 radical (unpaired) electrons. The van der Waals surface area contributed by atoms with E-state index in [2.05, 4.69) is 0 Å². The van der Waals surface area contributed by atoms with Gasteiger partial charge in [0.25, 0.3) is 5.91 Å². The number of amides is 1. The zero-order chi connectivity index (χ0) is 21.1. The average Bonchev–Trinajstić information content (AvgIpc) is 3.02. The van der Waals surface area contributed by atoms with Crippen LogP contribution in [0.4, 0.5) is 0 Å². The highest BCUT2D eigenvalue weighted by Gasteiger charge is 2.30. The van der Waals surface area contributed by atoms with Gasteiger partial charge in [0.1, 0.15) is 0 Å². The molecule has 0 N–H and O–H groups in total. The molecule has 0 bridgehead atoms. The van der Waals surface area contributed by atoms with Crippen LogP contribution in [0.25, 0.3) is 10.9 Å². The first-order valence-corrected chi connectivity index (χ1v) is 11.4. The van der Waals surface area contributed by atoms with Crippen LogP contribution >= 0.6 is 0 Å². The van der Waals surface area contributed by atoms with Gasteiger partial charge < -0.3 is 9.64 Å². The summed E-state index contributed by atoms with van der Waals surface area (Å²) < 4.78 is 5.77. The van der Waals surface area contributed by atoms with Gasteiger partial charge in [-0.1, -0.05) is 43.9 Å². The Morgan fingerprint density at radius 1 is 1.03 bits per heavy atom. The molecular weight excluding hydrogens is 376 g/mol. The Labute approximate surface area is 178 Å². The van der Waals surface area contributed by atoms with Crippen molar-refractivity contribution in [1.29, 1.82) is 0 Å². The van der Waals surface area contributed by atoms with E-state index < -0.39 is 12.1 Å². The third-order valence-corrected chi connectivity index (χ3v) is 6.73. The van der Waals surface area contributed by atoms with E-state index >= 15 is 0 Å². The fourth-order valence-corrected chi connectivity index (χ4v) is 4.99. The van der Waals surface area contributed by atoms with Crippen molar-refractivity contribution in [2.24, 2.45) is 0 Å². The number of benzene rings is 1. The lowest BCUT2D eigenvalue weighted by Crippen LogP contribution is -2.44. The summed E-state index contributed by atoms with van der Waals surface area (Å²) in [4.78, 5) is 32.9. The molecule has 1 saturated carbocycles. The number of pyridine rings is 1. The topological polar surface area (TPSA) is 59.5 Å². The van der Waals surface area contributed by atoms with Crippen molar-refractivity contribution >= 4 is 22.8 Å². The molecule has 4 rings (SSSR count). The highest BCUT2D eigenvalue weighted by Crippen LogP contribution is 2.30. The SMILES string of the molecule is C[C@@H](OC(=O)c1c2c(nc3ccccc13)CCCCC2)C(=O)N(C)C1CCCCC1. The van der Waals surface area contributed by atoms with E-state index in [9.17, 15) is 9.59 Å². The normalized spacial score (nSPS) is 18.3. The summed E-state index contributed by atoms with van der Waals surface area (Å²) in [6, 6.07) is 8.01. The molecule has 1 atom stereocenters. The van der Waals surface area contributed by atoms with Gasteiger partial charge in [-0.15, -0.1) is 0 Å². The van der Waals surface area contributed by atoms with Crippen LogP contribution in [-0.4, -0.2) is 41.0 Å². The van der Waals surface area contributed by atoms with Crippen LogP contribution in [0.2, 0.25) is 0 Å². The summed E-state index contributed by atoms with van der Waals surface area (Å²) in [7, 11) is 1.84. The number of rotatable bonds is 4. The summed E-state index contributed by atoms with van der Waals surface area (Å²) in [5.41, 5.74) is 3.45. The van der Waals surface area contributed by atoms with E-state index in [1.165, 1.54) is 6.42 Å². The quantitative estimate of drug-likeness (QED) is 0.536. The molecule has 1 amide bonds. The predicted molar refractivity (Wildman–Crippen MR) is 118 cm³/mol. The Hall–Kier alpha value is -2.43. The molecular formula is C25H32N2O3. The lowest BCUT2D eigenvalue weighted by Gasteiger charge is -2.32. The zero-order valence-corrected chi connectivity index (χ0v) is 18.2. The highest BCUT2D eigenvalue weighted by atomic mass is 16.5. The maximum Gasteiger partial charge on any atom is 0.339 e. The number of hydrogen-bond donors (Lipinski definition) is 0. The minimum Gasteiger partial charge on any atom is -0.449 e. The molecule has 1 aromatic carbocycles. The standard InChI is InChI=1S/C25H32N2O3/c1-17(24(28)27(2)18-11-5-3-6-12-18)30-25(29)23-19-13-7-4-8-15-21(19)26-22-16-10-9-14-20(22)23/h9-10,14,16-18H,3-8,11-13,15H2,1-2H3/t17-/m1/s1. The fourth-order valence-electron chi connectivity index (χ4n) is 4.99. The summed E-state index contributed by atoms with van der Waals surface area (Å²) >= 11 is 0. The lowest BCUT2D eigenvalue weighted by molar-refractivity contribution is -0.141. The molecule has 1 aromatic heterocycles. The second-order valence-electron chi connectivity index (χ2n) is 8.78.